The van der Waals surface area contributed by atoms with Crippen LogP contribution in [0, 0.1) is 6.92 Å². The van der Waals surface area contributed by atoms with E-state index < -0.39 is 10.0 Å². The van der Waals surface area contributed by atoms with Crippen LogP contribution in [-0.4, -0.2) is 31.1 Å². The molecule has 1 aliphatic rings. The molecule has 0 bridgehead atoms. The van der Waals surface area contributed by atoms with Crippen LogP contribution in [0.4, 0.5) is 0 Å². The third-order valence-corrected chi connectivity index (χ3v) is 7.03. The maximum absolute atomic E-state index is 12.4. The summed E-state index contributed by atoms with van der Waals surface area (Å²) in [5.41, 5.74) is 1.40. The van der Waals surface area contributed by atoms with Crippen molar-refractivity contribution < 1.29 is 13.5 Å². The molecule has 0 amide bonds. The third kappa shape index (κ3) is 3.52. The minimum absolute atomic E-state index is 0.0000104. The maximum Gasteiger partial charge on any atom is 0.241 e. The van der Waals surface area contributed by atoms with Crippen molar-refractivity contribution in [1.29, 1.82) is 0 Å². The number of aryl methyl sites for hydroxylation is 1. The minimum Gasteiger partial charge on any atom is -0.392 e. The fourth-order valence-electron chi connectivity index (χ4n) is 2.01. The van der Waals surface area contributed by atoms with E-state index in [0.717, 1.165) is 23.5 Å². The average Bonchev–Trinajstić information content (AvgIpc) is 2.84. The number of hydrogen-bond acceptors (Lipinski definition) is 4. The zero-order valence-electron chi connectivity index (χ0n) is 10.5. The SMILES string of the molecule is Cc1cc(CO)cc(S(=O)(=O)NC2CCSC2)c1Br. The van der Waals surface area contributed by atoms with E-state index in [0.29, 0.717) is 10.0 Å². The lowest BCUT2D eigenvalue weighted by Gasteiger charge is -2.15. The lowest BCUT2D eigenvalue weighted by atomic mass is 10.1. The van der Waals surface area contributed by atoms with Gasteiger partial charge in [-0.3, -0.25) is 0 Å². The molecular formula is C12H16BrNO3S2. The summed E-state index contributed by atoms with van der Waals surface area (Å²) in [6, 6.07) is 3.29. The Balaban J connectivity index is 2.36. The molecule has 1 heterocycles. The average molecular weight is 366 g/mol. The lowest BCUT2D eigenvalue weighted by molar-refractivity contribution is 0.281. The lowest BCUT2D eigenvalue weighted by Crippen LogP contribution is -2.34. The zero-order chi connectivity index (χ0) is 14.0. The molecule has 19 heavy (non-hydrogen) atoms. The van der Waals surface area contributed by atoms with Crippen molar-refractivity contribution in [2.24, 2.45) is 0 Å². The van der Waals surface area contributed by atoms with Crippen molar-refractivity contribution in [2.75, 3.05) is 11.5 Å². The van der Waals surface area contributed by atoms with Gasteiger partial charge in [-0.05, 0) is 52.2 Å². The van der Waals surface area contributed by atoms with Crippen LogP contribution in [0.1, 0.15) is 17.5 Å². The minimum atomic E-state index is -3.55. The molecule has 1 aliphatic heterocycles. The van der Waals surface area contributed by atoms with Crippen LogP contribution in [0.3, 0.4) is 0 Å². The monoisotopic (exact) mass is 365 g/mol. The number of hydrogen-bond donors (Lipinski definition) is 2. The van der Waals surface area contributed by atoms with Crippen LogP contribution in [0.2, 0.25) is 0 Å². The largest absolute Gasteiger partial charge is 0.392 e. The molecule has 7 heteroatoms. The van der Waals surface area contributed by atoms with Crippen LogP contribution in [0.15, 0.2) is 21.5 Å². The van der Waals surface area contributed by atoms with Gasteiger partial charge in [0.1, 0.15) is 0 Å². The zero-order valence-corrected chi connectivity index (χ0v) is 13.7. The molecule has 4 nitrogen and oxygen atoms in total. The molecule has 0 saturated carbocycles. The molecule has 0 aromatic heterocycles. The number of rotatable bonds is 4. The Kier molecular flexibility index (Phi) is 4.94. The van der Waals surface area contributed by atoms with Crippen molar-refractivity contribution in [2.45, 2.75) is 30.9 Å². The second-order valence-corrected chi connectivity index (χ2v) is 8.19. The summed E-state index contributed by atoms with van der Waals surface area (Å²) in [6.07, 6.45) is 0.861. The molecule has 106 valence electrons. The van der Waals surface area contributed by atoms with E-state index in [2.05, 4.69) is 20.7 Å². The highest BCUT2D eigenvalue weighted by molar-refractivity contribution is 9.10. The Labute approximate surface area is 126 Å². The van der Waals surface area contributed by atoms with Crippen LogP contribution in [0.25, 0.3) is 0 Å². The van der Waals surface area contributed by atoms with E-state index in [-0.39, 0.29) is 17.5 Å². The molecule has 1 fully saturated rings. The van der Waals surface area contributed by atoms with Crippen LogP contribution < -0.4 is 4.72 Å². The summed E-state index contributed by atoms with van der Waals surface area (Å²) in [5, 5.41) is 9.19. The first kappa shape index (κ1) is 15.3. The molecular weight excluding hydrogens is 350 g/mol. The Morgan fingerprint density at radius 3 is 2.84 bits per heavy atom. The molecule has 1 saturated heterocycles. The van der Waals surface area contributed by atoms with Crippen LogP contribution in [0.5, 0.6) is 0 Å². The number of nitrogens with one attached hydrogen (secondary N) is 1. The van der Waals surface area contributed by atoms with Gasteiger partial charge in [-0.15, -0.1) is 0 Å². The summed E-state index contributed by atoms with van der Waals surface area (Å²) in [5.74, 6) is 1.81. The second-order valence-electron chi connectivity index (χ2n) is 4.56. The van der Waals surface area contributed by atoms with E-state index in [1.54, 1.807) is 17.8 Å². The highest BCUT2D eigenvalue weighted by atomic mass is 79.9. The molecule has 0 spiro atoms. The van der Waals surface area contributed by atoms with Crippen molar-refractivity contribution >= 4 is 37.7 Å². The number of sulfonamides is 1. The normalized spacial score (nSPS) is 19.8. The van der Waals surface area contributed by atoms with Gasteiger partial charge >= 0.3 is 0 Å². The molecule has 2 rings (SSSR count). The van der Waals surface area contributed by atoms with Gasteiger partial charge in [0.15, 0.2) is 0 Å². The Morgan fingerprint density at radius 1 is 1.53 bits per heavy atom. The second kappa shape index (κ2) is 6.13. The van der Waals surface area contributed by atoms with Crippen molar-refractivity contribution in [3.05, 3.63) is 27.7 Å². The first-order valence-electron chi connectivity index (χ1n) is 5.94. The van der Waals surface area contributed by atoms with Gasteiger partial charge in [-0.25, -0.2) is 13.1 Å². The van der Waals surface area contributed by atoms with Gasteiger partial charge < -0.3 is 5.11 Å². The van der Waals surface area contributed by atoms with E-state index in [1.807, 2.05) is 6.92 Å². The summed E-state index contributed by atoms with van der Waals surface area (Å²) < 4.78 is 28.1. The van der Waals surface area contributed by atoms with Gasteiger partial charge in [0.05, 0.1) is 11.5 Å². The first-order valence-corrected chi connectivity index (χ1v) is 9.37. The number of aliphatic hydroxyl groups excluding tert-OH is 1. The number of halogens is 1. The highest BCUT2D eigenvalue weighted by Gasteiger charge is 2.25. The number of thioether (sulfide) groups is 1. The maximum atomic E-state index is 12.4. The summed E-state index contributed by atoms with van der Waals surface area (Å²) >= 11 is 5.08. The van der Waals surface area contributed by atoms with Gasteiger partial charge in [0, 0.05) is 16.3 Å². The molecule has 1 aromatic carbocycles. The van der Waals surface area contributed by atoms with E-state index in [4.69, 9.17) is 0 Å². The quantitative estimate of drug-likeness (QED) is 0.856. The first-order chi connectivity index (χ1) is 8.94. The smallest absolute Gasteiger partial charge is 0.241 e. The van der Waals surface area contributed by atoms with Gasteiger partial charge in [0.2, 0.25) is 10.0 Å². The standard InChI is InChI=1S/C12H16BrNO3S2/c1-8-4-9(6-15)5-11(12(8)13)19(16,17)14-10-2-3-18-7-10/h4-5,10,14-15H,2-3,6-7H2,1H3. The number of aliphatic hydroxyl groups is 1. The van der Waals surface area contributed by atoms with Crippen molar-refractivity contribution in [3.63, 3.8) is 0 Å². The predicted octanol–water partition coefficient (Wildman–Crippen LogP) is 2.03. The van der Waals surface area contributed by atoms with Gasteiger partial charge in [-0.1, -0.05) is 6.07 Å². The fraction of sp³-hybridized carbons (Fsp3) is 0.500. The Hall–Kier alpha value is -0.0800. The fourth-order valence-corrected chi connectivity index (χ4v) is 5.60. The Bertz CT molecular complexity index is 569. The van der Waals surface area contributed by atoms with Gasteiger partial charge in [-0.2, -0.15) is 11.8 Å². The van der Waals surface area contributed by atoms with Crippen LogP contribution >= 0.6 is 27.7 Å². The molecule has 0 aliphatic carbocycles. The van der Waals surface area contributed by atoms with E-state index in [1.165, 1.54) is 6.07 Å². The Morgan fingerprint density at radius 2 is 2.26 bits per heavy atom. The molecule has 1 unspecified atom stereocenters. The summed E-state index contributed by atoms with van der Waals surface area (Å²) in [4.78, 5) is 0.202. The number of benzene rings is 1. The third-order valence-electron chi connectivity index (χ3n) is 3.00. The summed E-state index contributed by atoms with van der Waals surface area (Å²) in [7, 11) is -3.55. The molecule has 0 radical (unpaired) electrons. The highest BCUT2D eigenvalue weighted by Crippen LogP contribution is 2.28. The molecule has 1 aromatic rings. The van der Waals surface area contributed by atoms with Gasteiger partial charge in [0.25, 0.3) is 0 Å². The molecule has 2 N–H and O–H groups in total. The topological polar surface area (TPSA) is 66.4 Å². The summed E-state index contributed by atoms with van der Waals surface area (Å²) in [6.45, 7) is 1.64. The van der Waals surface area contributed by atoms with Crippen molar-refractivity contribution in [1.82, 2.24) is 4.72 Å². The van der Waals surface area contributed by atoms with Crippen LogP contribution in [-0.2, 0) is 16.6 Å². The van der Waals surface area contributed by atoms with E-state index in [9.17, 15) is 13.5 Å². The molecule has 1 atom stereocenters. The predicted molar refractivity (Wildman–Crippen MR) is 80.9 cm³/mol. The van der Waals surface area contributed by atoms with E-state index >= 15 is 0 Å². The van der Waals surface area contributed by atoms with Crippen molar-refractivity contribution in [3.8, 4) is 0 Å².